The number of hydrogen-bond donors (Lipinski definition) is 0. The molecule has 8 nitrogen and oxygen atoms in total. The van der Waals surface area contributed by atoms with Crippen molar-refractivity contribution in [1.82, 2.24) is 4.98 Å². The highest BCUT2D eigenvalue weighted by Crippen LogP contribution is 2.32. The first-order valence-corrected chi connectivity index (χ1v) is 12.6. The maximum atomic E-state index is 13.7. The molecule has 3 heterocycles. The summed E-state index contributed by atoms with van der Waals surface area (Å²) in [5, 5.41) is 6.47. The molecule has 0 aliphatic rings. The van der Waals surface area contributed by atoms with E-state index in [9.17, 15) is 14.4 Å². The summed E-state index contributed by atoms with van der Waals surface area (Å²) in [5.74, 6) is -0.751. The Balaban J connectivity index is 1.49. The van der Waals surface area contributed by atoms with Crippen LogP contribution in [0.2, 0.25) is 0 Å². The van der Waals surface area contributed by atoms with Crippen molar-refractivity contribution in [3.05, 3.63) is 115 Å². The zero-order valence-electron chi connectivity index (χ0n) is 18.8. The minimum absolute atomic E-state index is 0.130. The van der Waals surface area contributed by atoms with Crippen molar-refractivity contribution in [3.8, 4) is 0 Å². The van der Waals surface area contributed by atoms with E-state index in [4.69, 9.17) is 8.83 Å². The van der Waals surface area contributed by atoms with Crippen LogP contribution >= 0.6 is 27.3 Å². The Bertz CT molecular complexity index is 1990. The van der Waals surface area contributed by atoms with E-state index >= 15 is 0 Å². The molecule has 0 saturated carbocycles. The first-order chi connectivity index (χ1) is 18.0. The van der Waals surface area contributed by atoms with Crippen molar-refractivity contribution in [3.63, 3.8) is 0 Å². The minimum atomic E-state index is -0.807. The van der Waals surface area contributed by atoms with Gasteiger partial charge in [0.05, 0.1) is 27.4 Å². The third-order valence-corrected chi connectivity index (χ3v) is 7.09. The number of amides is 1. The van der Waals surface area contributed by atoms with E-state index < -0.39 is 11.5 Å². The molecular formula is C27H14BrN3O5S. The Morgan fingerprint density at radius 2 is 1.78 bits per heavy atom. The van der Waals surface area contributed by atoms with Crippen LogP contribution in [0, 0.1) is 0 Å². The lowest BCUT2D eigenvalue weighted by Gasteiger charge is -2.13. The first-order valence-electron chi connectivity index (χ1n) is 11.0. The molecule has 0 aliphatic carbocycles. The molecule has 0 bridgehead atoms. The molecule has 6 rings (SSSR count). The smallest absolute Gasteiger partial charge is 0.349 e. The van der Waals surface area contributed by atoms with Gasteiger partial charge in [-0.1, -0.05) is 57.6 Å². The standard InChI is InChI=1S/C27H14BrN3O5S/c28-17-9-10-20-23(12-17)37-27(30-20)31(25(33)19-11-15-5-1-3-7-21(15)36-26(19)34)29-13-16-14-35-22-8-4-2-6-18(22)24(16)32/h1-14H/b29-13+. The van der Waals surface area contributed by atoms with Crippen LogP contribution in [-0.2, 0) is 0 Å². The predicted molar refractivity (Wildman–Crippen MR) is 147 cm³/mol. The molecule has 0 radical (unpaired) electrons. The summed E-state index contributed by atoms with van der Waals surface area (Å²) in [6.45, 7) is 0. The van der Waals surface area contributed by atoms with Gasteiger partial charge < -0.3 is 8.83 Å². The van der Waals surface area contributed by atoms with Gasteiger partial charge in [-0.15, -0.1) is 0 Å². The quantitative estimate of drug-likeness (QED) is 0.147. The molecule has 0 unspecified atom stereocenters. The maximum Gasteiger partial charge on any atom is 0.349 e. The number of aromatic nitrogens is 1. The van der Waals surface area contributed by atoms with Crippen molar-refractivity contribution in [2.75, 3.05) is 5.01 Å². The van der Waals surface area contributed by atoms with Gasteiger partial charge >= 0.3 is 5.63 Å². The number of rotatable bonds is 4. The number of carbonyl (C=O) groups is 1. The molecule has 0 aliphatic heterocycles. The number of benzene rings is 3. The highest BCUT2D eigenvalue weighted by Gasteiger charge is 2.25. The lowest BCUT2D eigenvalue weighted by atomic mass is 10.2. The molecule has 0 N–H and O–H groups in total. The summed E-state index contributed by atoms with van der Waals surface area (Å²) < 4.78 is 12.6. The topological polar surface area (TPSA) is 106 Å². The van der Waals surface area contributed by atoms with Crippen molar-refractivity contribution in [2.24, 2.45) is 5.10 Å². The van der Waals surface area contributed by atoms with Crippen molar-refractivity contribution >= 4 is 76.7 Å². The fourth-order valence-electron chi connectivity index (χ4n) is 3.79. The largest absolute Gasteiger partial charge is 0.463 e. The molecule has 1 amide bonds. The van der Waals surface area contributed by atoms with Crippen LogP contribution in [0.5, 0.6) is 0 Å². The molecule has 0 fully saturated rings. The van der Waals surface area contributed by atoms with Crippen LogP contribution < -0.4 is 16.1 Å². The molecule has 3 aromatic heterocycles. The SMILES string of the molecule is O=C(c1cc2ccccc2oc1=O)N(/N=C/c1coc2ccccc2c1=O)c1nc2ccc(Br)cc2s1. The Morgan fingerprint density at radius 1 is 1.00 bits per heavy atom. The van der Waals surface area contributed by atoms with Gasteiger partial charge in [-0.05, 0) is 42.5 Å². The number of fused-ring (bicyclic) bond motifs is 3. The highest BCUT2D eigenvalue weighted by molar-refractivity contribution is 9.10. The van der Waals surface area contributed by atoms with Gasteiger partial charge in [-0.3, -0.25) is 9.59 Å². The van der Waals surface area contributed by atoms with E-state index in [2.05, 4.69) is 26.0 Å². The molecule has 6 aromatic rings. The van der Waals surface area contributed by atoms with E-state index in [0.29, 0.717) is 27.5 Å². The molecule has 3 aromatic carbocycles. The van der Waals surface area contributed by atoms with Crippen LogP contribution in [-0.4, -0.2) is 17.1 Å². The van der Waals surface area contributed by atoms with Gasteiger partial charge in [0.1, 0.15) is 23.0 Å². The normalized spacial score (nSPS) is 11.6. The van der Waals surface area contributed by atoms with E-state index in [1.165, 1.54) is 29.9 Å². The molecule has 0 saturated heterocycles. The van der Waals surface area contributed by atoms with Crippen LogP contribution in [0.3, 0.4) is 0 Å². The number of hydrazone groups is 1. The van der Waals surface area contributed by atoms with Gasteiger partial charge in [-0.2, -0.15) is 10.1 Å². The predicted octanol–water partition coefficient (Wildman–Crippen LogP) is 5.95. The molecule has 0 atom stereocenters. The second kappa shape index (κ2) is 9.23. The second-order valence-corrected chi connectivity index (χ2v) is 9.90. The lowest BCUT2D eigenvalue weighted by molar-refractivity contribution is 0.0984. The van der Waals surface area contributed by atoms with Crippen molar-refractivity contribution in [1.29, 1.82) is 0 Å². The van der Waals surface area contributed by atoms with Crippen LogP contribution in [0.15, 0.2) is 107 Å². The van der Waals surface area contributed by atoms with Gasteiger partial charge in [0, 0.05) is 9.86 Å². The van der Waals surface area contributed by atoms with Gasteiger partial charge in [0.15, 0.2) is 0 Å². The van der Waals surface area contributed by atoms with Crippen molar-refractivity contribution < 1.29 is 13.6 Å². The summed E-state index contributed by atoms with van der Waals surface area (Å²) in [6.07, 6.45) is 2.50. The first kappa shape index (κ1) is 23.0. The van der Waals surface area contributed by atoms with E-state index in [1.54, 1.807) is 54.6 Å². The maximum absolute atomic E-state index is 13.7. The van der Waals surface area contributed by atoms with Gasteiger partial charge in [-0.25, -0.2) is 9.78 Å². The third-order valence-electron chi connectivity index (χ3n) is 5.60. The van der Waals surface area contributed by atoms with Gasteiger partial charge in [0.2, 0.25) is 10.6 Å². The molecule has 0 spiro atoms. The lowest BCUT2D eigenvalue weighted by Crippen LogP contribution is -2.30. The van der Waals surface area contributed by atoms with Crippen LogP contribution in [0.1, 0.15) is 15.9 Å². The number of thiazole rings is 1. The zero-order valence-corrected chi connectivity index (χ0v) is 21.2. The average Bonchev–Trinajstić information content (AvgIpc) is 3.32. The van der Waals surface area contributed by atoms with Crippen molar-refractivity contribution in [2.45, 2.75) is 0 Å². The number of halogens is 1. The number of anilines is 1. The van der Waals surface area contributed by atoms with E-state index in [1.807, 2.05) is 12.1 Å². The Labute approximate surface area is 220 Å². The summed E-state index contributed by atoms with van der Waals surface area (Å²) in [4.78, 5) is 43.9. The Hall–Kier alpha value is -4.41. The summed E-state index contributed by atoms with van der Waals surface area (Å²) in [5.41, 5.74) is 0.231. The summed E-state index contributed by atoms with van der Waals surface area (Å²) in [7, 11) is 0. The minimum Gasteiger partial charge on any atom is -0.463 e. The second-order valence-electron chi connectivity index (χ2n) is 7.97. The molecule has 10 heteroatoms. The molecule has 37 heavy (non-hydrogen) atoms. The summed E-state index contributed by atoms with van der Waals surface area (Å²) >= 11 is 4.65. The number of carbonyl (C=O) groups excluding carboxylic acids is 1. The Kier molecular flexibility index (Phi) is 5.74. The molecule has 180 valence electrons. The number of hydrogen-bond acceptors (Lipinski definition) is 8. The van der Waals surface area contributed by atoms with Gasteiger partial charge in [0.25, 0.3) is 5.91 Å². The van der Waals surface area contributed by atoms with E-state index in [-0.39, 0.29) is 21.7 Å². The fourth-order valence-corrected chi connectivity index (χ4v) is 5.27. The highest BCUT2D eigenvalue weighted by atomic mass is 79.9. The van der Waals surface area contributed by atoms with Crippen LogP contribution in [0.4, 0.5) is 5.13 Å². The molecular weight excluding hydrogens is 558 g/mol. The Morgan fingerprint density at radius 3 is 2.65 bits per heavy atom. The summed E-state index contributed by atoms with van der Waals surface area (Å²) in [6, 6.07) is 20.7. The average molecular weight is 572 g/mol. The zero-order chi connectivity index (χ0) is 25.5. The van der Waals surface area contributed by atoms with E-state index in [0.717, 1.165) is 14.2 Å². The number of nitrogens with zero attached hydrogens (tertiary/aromatic N) is 3. The van der Waals surface area contributed by atoms with Crippen LogP contribution in [0.25, 0.3) is 32.2 Å². The number of para-hydroxylation sites is 2. The monoisotopic (exact) mass is 571 g/mol. The fraction of sp³-hybridized carbons (Fsp3) is 0. The third kappa shape index (κ3) is 4.26.